The molecule has 4 N–H and O–H groups in total. The van der Waals surface area contributed by atoms with Crippen LogP contribution >= 0.6 is 0 Å². The number of carbonyl (C=O) groups is 1. The maximum Gasteiger partial charge on any atom is 0.229 e. The van der Waals surface area contributed by atoms with Gasteiger partial charge in [-0.25, -0.2) is 0 Å². The lowest BCUT2D eigenvalue weighted by Crippen LogP contribution is -2.65. The number of aliphatic hydroxyl groups excluding tert-OH is 4. The molecule has 0 aromatic heterocycles. The predicted octanol–water partition coefficient (Wildman–Crippen LogP) is -0.897. The van der Waals surface area contributed by atoms with Crippen LogP contribution in [-0.4, -0.2) is 94.2 Å². The Morgan fingerprint density at radius 3 is 2.81 bits per heavy atom. The number of Topliss-reactive ketones (excluding diaryl/α,β-unsaturated/α-hetero) is 1. The summed E-state index contributed by atoms with van der Waals surface area (Å²) in [5, 5.41) is 40.0. The lowest BCUT2D eigenvalue weighted by molar-refractivity contribution is -0.277. The van der Waals surface area contributed by atoms with E-state index < -0.39 is 43.4 Å². The summed E-state index contributed by atoms with van der Waals surface area (Å²) in [6.07, 6.45) is -4.32. The van der Waals surface area contributed by atoms with Gasteiger partial charge in [-0.2, -0.15) is 0 Å². The normalized spacial score (nSPS) is 44.7. The van der Waals surface area contributed by atoms with Crippen molar-refractivity contribution in [2.75, 3.05) is 20.2 Å². The Morgan fingerprint density at radius 1 is 1.22 bits per heavy atom. The number of ether oxygens (including phenoxy) is 3. The van der Waals surface area contributed by atoms with E-state index in [-0.39, 0.29) is 11.2 Å². The summed E-state index contributed by atoms with van der Waals surface area (Å²) in [4.78, 5) is 15.4. The van der Waals surface area contributed by atoms with Crippen LogP contribution in [-0.2, 0) is 21.4 Å². The van der Waals surface area contributed by atoms with Gasteiger partial charge in [0.25, 0.3) is 0 Å². The summed E-state index contributed by atoms with van der Waals surface area (Å²) < 4.78 is 17.8. The van der Waals surface area contributed by atoms with Crippen LogP contribution in [0.5, 0.6) is 11.5 Å². The number of piperidine rings is 1. The molecule has 1 aromatic carbocycles. The Balaban J connectivity index is 1.41. The van der Waals surface area contributed by atoms with Crippen molar-refractivity contribution in [2.24, 2.45) is 5.92 Å². The molecule has 9 nitrogen and oxygen atoms in total. The third kappa shape index (κ3) is 2.58. The number of likely N-dealkylation sites (tertiary alicyclic amines) is 1. The molecule has 3 fully saturated rings. The number of hydrogen-bond donors (Lipinski definition) is 4. The van der Waals surface area contributed by atoms with Gasteiger partial charge in [0.2, 0.25) is 6.29 Å². The topological polar surface area (TPSA) is 129 Å². The molecule has 1 spiro atoms. The molecule has 0 radical (unpaired) electrons. The molecule has 32 heavy (non-hydrogen) atoms. The Bertz CT molecular complexity index is 952. The maximum atomic E-state index is 13.0. The van der Waals surface area contributed by atoms with Gasteiger partial charge in [0.15, 0.2) is 23.4 Å². The van der Waals surface area contributed by atoms with Crippen LogP contribution in [0.3, 0.4) is 0 Å². The first-order valence-corrected chi connectivity index (χ1v) is 11.4. The smallest absolute Gasteiger partial charge is 0.229 e. The molecule has 8 unspecified atom stereocenters. The molecule has 2 saturated heterocycles. The van der Waals surface area contributed by atoms with Crippen LogP contribution in [0.4, 0.5) is 0 Å². The molecule has 5 aliphatic rings. The van der Waals surface area contributed by atoms with E-state index in [0.717, 1.165) is 36.9 Å². The standard InChI is InChI=1S/C23H29NO8/c1-24-7-6-23-11-3-4-13(26)21(23)32-20-14(5-2-10(16(20)23)8-12(11)24)30-22-19(29)18(28)17(27)15(9-25)31-22/h2,5,11-12,15,17-19,21-22,25,27-29H,3-4,6-9H2,1H3/t11?,12?,15?,17?,18?,19?,21-,22?,23?/m0/s1. The third-order valence-corrected chi connectivity index (χ3v) is 8.46. The van der Waals surface area contributed by atoms with Crippen LogP contribution in [0.25, 0.3) is 0 Å². The van der Waals surface area contributed by atoms with Crippen molar-refractivity contribution in [1.29, 1.82) is 0 Å². The van der Waals surface area contributed by atoms with E-state index in [1.165, 1.54) is 0 Å². The number of rotatable bonds is 3. The Kier molecular flexibility index (Phi) is 4.64. The van der Waals surface area contributed by atoms with Crippen LogP contribution in [0, 0.1) is 5.92 Å². The summed E-state index contributed by atoms with van der Waals surface area (Å²) in [6.45, 7) is 0.361. The summed E-state index contributed by atoms with van der Waals surface area (Å²) in [5.74, 6) is 1.31. The fourth-order valence-electron chi connectivity index (χ4n) is 6.89. The second-order valence-corrected chi connectivity index (χ2v) is 9.89. The van der Waals surface area contributed by atoms with E-state index in [1.54, 1.807) is 6.07 Å². The largest absolute Gasteiger partial charge is 0.477 e. The highest BCUT2D eigenvalue weighted by atomic mass is 16.7. The highest BCUT2D eigenvalue weighted by molar-refractivity contribution is 5.89. The van der Waals surface area contributed by atoms with Crippen molar-refractivity contribution in [3.8, 4) is 11.5 Å². The van der Waals surface area contributed by atoms with Gasteiger partial charge in [0, 0.05) is 23.4 Å². The molecular weight excluding hydrogens is 418 g/mol. The number of nitrogens with zero attached hydrogens (tertiary/aromatic N) is 1. The zero-order valence-electron chi connectivity index (χ0n) is 17.9. The van der Waals surface area contributed by atoms with E-state index in [4.69, 9.17) is 14.2 Å². The van der Waals surface area contributed by atoms with E-state index in [2.05, 4.69) is 11.9 Å². The number of ketones is 1. The van der Waals surface area contributed by atoms with Crippen molar-refractivity contribution in [3.63, 3.8) is 0 Å². The third-order valence-electron chi connectivity index (χ3n) is 8.46. The monoisotopic (exact) mass is 447 g/mol. The molecule has 9 atom stereocenters. The maximum absolute atomic E-state index is 13.0. The molecular formula is C23H29NO8. The van der Waals surface area contributed by atoms with Crippen LogP contribution in [0.15, 0.2) is 12.1 Å². The molecule has 174 valence electrons. The van der Waals surface area contributed by atoms with Crippen molar-refractivity contribution in [1.82, 2.24) is 4.90 Å². The van der Waals surface area contributed by atoms with Gasteiger partial charge in [0.05, 0.1) is 6.61 Å². The lowest BCUT2D eigenvalue weighted by atomic mass is 9.52. The Labute approximate surface area is 185 Å². The summed E-state index contributed by atoms with van der Waals surface area (Å²) in [7, 11) is 2.15. The fourth-order valence-corrected chi connectivity index (χ4v) is 6.89. The van der Waals surface area contributed by atoms with E-state index in [1.807, 2.05) is 6.07 Å². The van der Waals surface area contributed by atoms with E-state index >= 15 is 0 Å². The Morgan fingerprint density at radius 2 is 2.03 bits per heavy atom. The number of hydrogen-bond acceptors (Lipinski definition) is 9. The molecule has 2 bridgehead atoms. The highest BCUT2D eigenvalue weighted by Gasteiger charge is 2.65. The fraction of sp³-hybridized carbons (Fsp3) is 0.696. The first kappa shape index (κ1) is 20.8. The van der Waals surface area contributed by atoms with Crippen molar-refractivity contribution in [2.45, 2.75) is 73.9 Å². The lowest BCUT2D eigenvalue weighted by Gasteiger charge is -2.57. The molecule has 0 amide bonds. The SMILES string of the molecule is CN1CCC23c4c5ccc(OC6OC(CO)C(O)C(O)C6O)c4O[C@H]2C(=O)CCC3C1C5. The summed E-state index contributed by atoms with van der Waals surface area (Å²) in [6, 6.07) is 4.12. The second-order valence-electron chi connectivity index (χ2n) is 9.89. The second kappa shape index (κ2) is 7.12. The molecule has 2 aliphatic carbocycles. The van der Waals surface area contributed by atoms with Gasteiger partial charge < -0.3 is 39.5 Å². The Hall–Kier alpha value is -1.75. The minimum Gasteiger partial charge on any atom is -0.477 e. The van der Waals surface area contributed by atoms with Crippen molar-refractivity contribution < 1.29 is 39.4 Å². The van der Waals surface area contributed by atoms with Crippen molar-refractivity contribution in [3.05, 3.63) is 23.3 Å². The van der Waals surface area contributed by atoms with E-state index in [0.29, 0.717) is 29.9 Å². The summed E-state index contributed by atoms with van der Waals surface area (Å²) in [5.41, 5.74) is 1.85. The average molecular weight is 447 g/mol. The summed E-state index contributed by atoms with van der Waals surface area (Å²) >= 11 is 0. The molecule has 3 aliphatic heterocycles. The van der Waals surface area contributed by atoms with Gasteiger partial charge in [-0.15, -0.1) is 0 Å². The van der Waals surface area contributed by atoms with Crippen LogP contribution in [0.2, 0.25) is 0 Å². The van der Waals surface area contributed by atoms with Crippen molar-refractivity contribution >= 4 is 5.78 Å². The minimum absolute atomic E-state index is 0.118. The molecule has 6 rings (SSSR count). The van der Waals surface area contributed by atoms with Gasteiger partial charge in [-0.1, -0.05) is 6.07 Å². The molecule has 1 saturated carbocycles. The first-order chi connectivity index (χ1) is 15.4. The van der Waals surface area contributed by atoms with Gasteiger partial charge in [0.1, 0.15) is 24.4 Å². The number of benzene rings is 1. The predicted molar refractivity (Wildman–Crippen MR) is 109 cm³/mol. The van der Waals surface area contributed by atoms with Crippen LogP contribution in [0.1, 0.15) is 30.4 Å². The zero-order chi connectivity index (χ0) is 22.4. The molecule has 9 heteroatoms. The average Bonchev–Trinajstić information content (AvgIpc) is 3.14. The minimum atomic E-state index is -1.53. The van der Waals surface area contributed by atoms with Gasteiger partial charge in [-0.3, -0.25) is 4.79 Å². The number of carbonyl (C=O) groups excluding carboxylic acids is 1. The highest BCUT2D eigenvalue weighted by Crippen LogP contribution is 2.63. The number of likely N-dealkylation sites (N-methyl/N-ethyl adjacent to an activating group) is 1. The zero-order valence-corrected chi connectivity index (χ0v) is 17.9. The van der Waals surface area contributed by atoms with Gasteiger partial charge >= 0.3 is 0 Å². The molecule has 1 aromatic rings. The quantitative estimate of drug-likeness (QED) is 0.466. The number of aliphatic hydroxyl groups is 4. The first-order valence-electron chi connectivity index (χ1n) is 11.4. The van der Waals surface area contributed by atoms with Gasteiger partial charge in [-0.05, 0) is 50.4 Å². The molecule has 3 heterocycles. The van der Waals surface area contributed by atoms with Crippen LogP contribution < -0.4 is 9.47 Å². The van der Waals surface area contributed by atoms with E-state index in [9.17, 15) is 25.2 Å².